The summed E-state index contributed by atoms with van der Waals surface area (Å²) in [6, 6.07) is 1.98. The molecule has 1 fully saturated rings. The van der Waals surface area contributed by atoms with E-state index >= 15 is 0 Å². The molecule has 1 amide bonds. The first kappa shape index (κ1) is 18.3. The van der Waals surface area contributed by atoms with Crippen LogP contribution in [0, 0.1) is 20.8 Å². The summed E-state index contributed by atoms with van der Waals surface area (Å²) in [6.07, 6.45) is 6.31. The van der Waals surface area contributed by atoms with Crippen molar-refractivity contribution in [3.63, 3.8) is 0 Å². The van der Waals surface area contributed by atoms with Gasteiger partial charge in [-0.25, -0.2) is 14.5 Å². The van der Waals surface area contributed by atoms with Gasteiger partial charge >= 0.3 is 0 Å². The predicted molar refractivity (Wildman–Crippen MR) is 106 cm³/mol. The second-order valence-corrected chi connectivity index (χ2v) is 7.25. The van der Waals surface area contributed by atoms with Crippen molar-refractivity contribution in [1.82, 2.24) is 29.5 Å². The van der Waals surface area contributed by atoms with Crippen LogP contribution >= 0.6 is 0 Å². The second kappa shape index (κ2) is 7.53. The number of carbonyl (C=O) groups excluding carboxylic acids is 1. The number of fused-ring (bicyclic) bond motifs is 1. The van der Waals surface area contributed by atoms with E-state index in [1.807, 2.05) is 36.3 Å². The molecular weight excluding hydrogens is 354 g/mol. The summed E-state index contributed by atoms with van der Waals surface area (Å²) in [5, 5.41) is 4.51. The summed E-state index contributed by atoms with van der Waals surface area (Å²) in [4.78, 5) is 30.0. The molecule has 1 aliphatic heterocycles. The van der Waals surface area contributed by atoms with Gasteiger partial charge in [-0.2, -0.15) is 5.10 Å². The van der Waals surface area contributed by atoms with Gasteiger partial charge in [-0.05, 0) is 32.8 Å². The summed E-state index contributed by atoms with van der Waals surface area (Å²) in [5.41, 5.74) is 4.97. The van der Waals surface area contributed by atoms with E-state index in [1.54, 1.807) is 18.6 Å². The molecule has 0 spiro atoms. The normalized spacial score (nSPS) is 14.7. The molecule has 0 saturated carbocycles. The Hall–Kier alpha value is -3.03. The molecule has 3 aromatic heterocycles. The molecule has 4 heterocycles. The van der Waals surface area contributed by atoms with Crippen LogP contribution in [0.15, 0.2) is 24.7 Å². The third-order valence-electron chi connectivity index (χ3n) is 5.38. The number of nitrogens with zero attached hydrogens (tertiary/aromatic N) is 7. The zero-order valence-corrected chi connectivity index (χ0v) is 16.6. The first-order valence-corrected chi connectivity index (χ1v) is 9.64. The summed E-state index contributed by atoms with van der Waals surface area (Å²) >= 11 is 0. The molecule has 0 aromatic carbocycles. The van der Waals surface area contributed by atoms with Gasteiger partial charge in [0.05, 0.1) is 11.9 Å². The maximum Gasteiger partial charge on any atom is 0.223 e. The van der Waals surface area contributed by atoms with Gasteiger partial charge in [-0.3, -0.25) is 9.78 Å². The van der Waals surface area contributed by atoms with E-state index in [1.165, 1.54) is 0 Å². The van der Waals surface area contributed by atoms with Crippen LogP contribution in [0.4, 0.5) is 5.82 Å². The monoisotopic (exact) mass is 379 g/mol. The van der Waals surface area contributed by atoms with Crippen molar-refractivity contribution in [2.45, 2.75) is 33.6 Å². The molecule has 0 unspecified atom stereocenters. The van der Waals surface area contributed by atoms with Gasteiger partial charge in [0.1, 0.15) is 5.82 Å². The molecule has 0 aliphatic carbocycles. The van der Waals surface area contributed by atoms with E-state index in [9.17, 15) is 4.79 Å². The SMILES string of the molecule is Cc1cc2nc(C)c(CCC(=O)N3CCN(c4cnccn4)CC3)c(C)n2n1. The molecule has 3 aromatic rings. The van der Waals surface area contributed by atoms with Crippen molar-refractivity contribution < 1.29 is 4.79 Å². The van der Waals surface area contributed by atoms with Gasteiger partial charge in [0.2, 0.25) is 5.91 Å². The Balaban J connectivity index is 1.38. The van der Waals surface area contributed by atoms with E-state index < -0.39 is 0 Å². The number of aryl methyl sites for hydroxylation is 3. The van der Waals surface area contributed by atoms with E-state index in [-0.39, 0.29) is 5.91 Å². The van der Waals surface area contributed by atoms with Crippen LogP contribution in [0.25, 0.3) is 5.65 Å². The van der Waals surface area contributed by atoms with E-state index in [4.69, 9.17) is 0 Å². The number of aromatic nitrogens is 5. The van der Waals surface area contributed by atoms with Crippen LogP contribution in [0.1, 0.15) is 29.1 Å². The summed E-state index contributed by atoms with van der Waals surface area (Å²) in [6.45, 7) is 9.01. The minimum atomic E-state index is 0.189. The maximum atomic E-state index is 12.7. The molecule has 4 rings (SSSR count). The highest BCUT2D eigenvalue weighted by Crippen LogP contribution is 2.18. The quantitative estimate of drug-likeness (QED) is 0.687. The second-order valence-electron chi connectivity index (χ2n) is 7.25. The van der Waals surface area contributed by atoms with Crippen molar-refractivity contribution in [3.8, 4) is 0 Å². The minimum absolute atomic E-state index is 0.189. The van der Waals surface area contributed by atoms with Crippen LogP contribution in [0.2, 0.25) is 0 Å². The van der Waals surface area contributed by atoms with Crippen LogP contribution in [-0.4, -0.2) is 61.6 Å². The molecule has 0 radical (unpaired) electrons. The van der Waals surface area contributed by atoms with Gasteiger partial charge in [0.25, 0.3) is 0 Å². The lowest BCUT2D eigenvalue weighted by Gasteiger charge is -2.35. The number of hydrogen-bond donors (Lipinski definition) is 0. The fourth-order valence-electron chi connectivity index (χ4n) is 3.83. The molecule has 0 N–H and O–H groups in total. The van der Waals surface area contributed by atoms with Gasteiger partial charge in [-0.1, -0.05) is 0 Å². The Labute approximate surface area is 164 Å². The minimum Gasteiger partial charge on any atom is -0.352 e. The highest BCUT2D eigenvalue weighted by atomic mass is 16.2. The fraction of sp³-hybridized carbons (Fsp3) is 0.450. The van der Waals surface area contributed by atoms with Crippen molar-refractivity contribution >= 4 is 17.4 Å². The largest absolute Gasteiger partial charge is 0.352 e. The van der Waals surface area contributed by atoms with Gasteiger partial charge in [0.15, 0.2) is 5.65 Å². The van der Waals surface area contributed by atoms with Crippen LogP contribution in [0.5, 0.6) is 0 Å². The van der Waals surface area contributed by atoms with Gasteiger partial charge in [-0.15, -0.1) is 0 Å². The van der Waals surface area contributed by atoms with Crippen molar-refractivity contribution in [2.75, 3.05) is 31.1 Å². The van der Waals surface area contributed by atoms with Gasteiger partial charge in [0, 0.05) is 62.4 Å². The Morgan fingerprint density at radius 3 is 2.61 bits per heavy atom. The van der Waals surface area contributed by atoms with E-state index in [2.05, 4.69) is 25.0 Å². The number of amides is 1. The lowest BCUT2D eigenvalue weighted by Crippen LogP contribution is -2.49. The zero-order chi connectivity index (χ0) is 19.7. The average Bonchev–Trinajstić information content (AvgIpc) is 3.09. The zero-order valence-electron chi connectivity index (χ0n) is 16.6. The summed E-state index contributed by atoms with van der Waals surface area (Å²) in [5.74, 6) is 1.06. The van der Waals surface area contributed by atoms with Crippen LogP contribution in [-0.2, 0) is 11.2 Å². The third kappa shape index (κ3) is 3.54. The number of hydrogen-bond acceptors (Lipinski definition) is 6. The first-order chi connectivity index (χ1) is 13.5. The molecule has 0 bridgehead atoms. The first-order valence-electron chi connectivity index (χ1n) is 9.64. The molecule has 1 aliphatic rings. The fourth-order valence-corrected chi connectivity index (χ4v) is 3.83. The van der Waals surface area contributed by atoms with Crippen molar-refractivity contribution in [1.29, 1.82) is 0 Å². The Bertz CT molecular complexity index is 991. The van der Waals surface area contributed by atoms with Crippen molar-refractivity contribution in [3.05, 3.63) is 47.3 Å². The van der Waals surface area contributed by atoms with E-state index in [0.717, 1.165) is 47.2 Å². The lowest BCUT2D eigenvalue weighted by molar-refractivity contribution is -0.131. The van der Waals surface area contributed by atoms with E-state index in [0.29, 0.717) is 25.9 Å². The Morgan fingerprint density at radius 1 is 1.11 bits per heavy atom. The highest BCUT2D eigenvalue weighted by Gasteiger charge is 2.22. The van der Waals surface area contributed by atoms with Crippen LogP contribution in [0.3, 0.4) is 0 Å². The van der Waals surface area contributed by atoms with Crippen molar-refractivity contribution in [2.24, 2.45) is 0 Å². The summed E-state index contributed by atoms with van der Waals surface area (Å²) < 4.78 is 1.88. The third-order valence-corrected chi connectivity index (χ3v) is 5.38. The number of piperazine rings is 1. The standard InChI is InChI=1S/C20H25N7O/c1-14-12-18-23-15(2)17(16(3)27(18)24-14)4-5-20(28)26-10-8-25(9-11-26)19-13-21-6-7-22-19/h6-7,12-13H,4-5,8-11H2,1-3H3. The topological polar surface area (TPSA) is 79.5 Å². The maximum absolute atomic E-state index is 12.7. The van der Waals surface area contributed by atoms with Crippen LogP contribution < -0.4 is 4.90 Å². The molecule has 28 heavy (non-hydrogen) atoms. The molecule has 146 valence electrons. The molecule has 8 nitrogen and oxygen atoms in total. The molecule has 1 saturated heterocycles. The predicted octanol–water partition coefficient (Wildman–Crippen LogP) is 1.73. The lowest BCUT2D eigenvalue weighted by atomic mass is 10.1. The Kier molecular flexibility index (Phi) is 4.93. The number of rotatable bonds is 4. The number of carbonyl (C=O) groups is 1. The summed E-state index contributed by atoms with van der Waals surface area (Å²) in [7, 11) is 0. The average molecular weight is 379 g/mol. The molecular formula is C20H25N7O. The Morgan fingerprint density at radius 2 is 1.89 bits per heavy atom. The van der Waals surface area contributed by atoms with Gasteiger partial charge < -0.3 is 9.80 Å². The number of anilines is 1. The molecule has 8 heteroatoms. The smallest absolute Gasteiger partial charge is 0.223 e. The highest BCUT2D eigenvalue weighted by molar-refractivity contribution is 5.77. The molecule has 0 atom stereocenters.